The number of hydrogen-bond acceptors (Lipinski definition) is 4. The van der Waals surface area contributed by atoms with Crippen molar-refractivity contribution in [2.75, 3.05) is 17.7 Å². The average molecular weight is 236 g/mol. The molecule has 0 saturated heterocycles. The number of benzene rings is 1. The highest BCUT2D eigenvalue weighted by Gasteiger charge is 2.13. The van der Waals surface area contributed by atoms with Crippen LogP contribution in [0.25, 0.3) is 0 Å². The van der Waals surface area contributed by atoms with Crippen molar-refractivity contribution in [1.29, 1.82) is 0 Å². The van der Waals surface area contributed by atoms with Crippen molar-refractivity contribution in [3.8, 4) is 0 Å². The maximum Gasteiger partial charge on any atom is 0.340 e. The van der Waals surface area contributed by atoms with Gasteiger partial charge in [-0.25, -0.2) is 4.79 Å². The van der Waals surface area contributed by atoms with Crippen LogP contribution >= 0.6 is 0 Å². The summed E-state index contributed by atoms with van der Waals surface area (Å²) in [6.45, 7) is 6.27. The van der Waals surface area contributed by atoms with Gasteiger partial charge >= 0.3 is 5.97 Å². The van der Waals surface area contributed by atoms with E-state index in [0.717, 1.165) is 12.1 Å². The van der Waals surface area contributed by atoms with Crippen LogP contribution in [0, 0.1) is 0 Å². The van der Waals surface area contributed by atoms with Gasteiger partial charge in [-0.3, -0.25) is 0 Å². The highest BCUT2D eigenvalue weighted by atomic mass is 16.5. The molecule has 4 nitrogen and oxygen atoms in total. The van der Waals surface area contributed by atoms with Crippen molar-refractivity contribution in [2.45, 2.75) is 33.2 Å². The molecule has 0 saturated carbocycles. The van der Waals surface area contributed by atoms with Gasteiger partial charge in [0.2, 0.25) is 0 Å². The first-order valence-electron chi connectivity index (χ1n) is 5.92. The average Bonchev–Trinajstić information content (AvgIpc) is 2.32. The number of anilines is 2. The summed E-state index contributed by atoms with van der Waals surface area (Å²) in [4.78, 5) is 11.6. The molecule has 1 rings (SSSR count). The number of carbonyl (C=O) groups is 1. The van der Waals surface area contributed by atoms with E-state index in [9.17, 15) is 4.79 Å². The van der Waals surface area contributed by atoms with Crippen LogP contribution in [0.4, 0.5) is 11.4 Å². The Bertz CT molecular complexity index is 391. The number of nitrogens with two attached hydrogens (primary N) is 1. The van der Waals surface area contributed by atoms with Gasteiger partial charge in [0.05, 0.1) is 23.5 Å². The van der Waals surface area contributed by atoms with E-state index in [0.29, 0.717) is 23.9 Å². The van der Waals surface area contributed by atoms with Gasteiger partial charge in [0, 0.05) is 6.04 Å². The van der Waals surface area contributed by atoms with Crippen molar-refractivity contribution in [1.82, 2.24) is 0 Å². The highest BCUT2D eigenvalue weighted by Crippen LogP contribution is 2.24. The van der Waals surface area contributed by atoms with E-state index in [2.05, 4.69) is 19.2 Å². The number of rotatable bonds is 5. The zero-order valence-corrected chi connectivity index (χ0v) is 10.6. The Morgan fingerprint density at radius 2 is 2.18 bits per heavy atom. The fraction of sp³-hybridized carbons (Fsp3) is 0.462. The van der Waals surface area contributed by atoms with Gasteiger partial charge in [-0.05, 0) is 32.4 Å². The largest absolute Gasteiger partial charge is 0.462 e. The summed E-state index contributed by atoms with van der Waals surface area (Å²) in [6.07, 6.45) is 0.989. The van der Waals surface area contributed by atoms with E-state index in [4.69, 9.17) is 10.5 Å². The third-order valence-corrected chi connectivity index (χ3v) is 2.62. The van der Waals surface area contributed by atoms with Gasteiger partial charge in [-0.1, -0.05) is 13.0 Å². The van der Waals surface area contributed by atoms with E-state index >= 15 is 0 Å². The molecule has 0 aromatic heterocycles. The first-order chi connectivity index (χ1) is 8.10. The number of carbonyl (C=O) groups excluding carboxylic acids is 1. The molecule has 1 aromatic carbocycles. The number of ether oxygens (including phenoxy) is 1. The van der Waals surface area contributed by atoms with Crippen LogP contribution in [-0.2, 0) is 4.74 Å². The molecular formula is C13H20N2O2. The lowest BCUT2D eigenvalue weighted by Gasteiger charge is -2.16. The molecule has 0 heterocycles. The lowest BCUT2D eigenvalue weighted by molar-refractivity contribution is 0.0527. The van der Waals surface area contributed by atoms with Crippen LogP contribution in [0.2, 0.25) is 0 Å². The molecule has 0 aliphatic carbocycles. The van der Waals surface area contributed by atoms with Crippen LogP contribution < -0.4 is 11.1 Å². The molecule has 0 aliphatic rings. The quantitative estimate of drug-likeness (QED) is 0.609. The molecule has 17 heavy (non-hydrogen) atoms. The van der Waals surface area contributed by atoms with Crippen LogP contribution in [0.5, 0.6) is 0 Å². The minimum Gasteiger partial charge on any atom is -0.462 e. The first kappa shape index (κ1) is 13.4. The summed E-state index contributed by atoms with van der Waals surface area (Å²) in [6, 6.07) is 5.65. The third-order valence-electron chi connectivity index (χ3n) is 2.62. The van der Waals surface area contributed by atoms with Gasteiger partial charge in [0.15, 0.2) is 0 Å². The lowest BCUT2D eigenvalue weighted by atomic mass is 10.1. The van der Waals surface area contributed by atoms with Crippen LogP contribution in [0.1, 0.15) is 37.6 Å². The number of para-hydroxylation sites is 1. The predicted octanol–water partition coefficient (Wildman–Crippen LogP) is 2.66. The second kappa shape index (κ2) is 6.13. The van der Waals surface area contributed by atoms with Crippen molar-refractivity contribution in [3.05, 3.63) is 23.8 Å². The maximum atomic E-state index is 11.6. The molecule has 0 fully saturated rings. The smallest absolute Gasteiger partial charge is 0.340 e. The predicted molar refractivity (Wildman–Crippen MR) is 70.2 cm³/mol. The van der Waals surface area contributed by atoms with E-state index in [1.165, 1.54) is 0 Å². The molecule has 0 radical (unpaired) electrons. The van der Waals surface area contributed by atoms with E-state index in [-0.39, 0.29) is 5.97 Å². The molecule has 0 aliphatic heterocycles. The minimum absolute atomic E-state index is 0.315. The Labute approximate surface area is 102 Å². The fourth-order valence-electron chi connectivity index (χ4n) is 1.45. The Morgan fingerprint density at radius 1 is 1.47 bits per heavy atom. The second-order valence-corrected chi connectivity index (χ2v) is 3.94. The van der Waals surface area contributed by atoms with E-state index in [1.54, 1.807) is 19.1 Å². The number of esters is 1. The number of hydrogen-bond donors (Lipinski definition) is 2. The summed E-state index contributed by atoms with van der Waals surface area (Å²) in [5, 5.41) is 3.26. The fourth-order valence-corrected chi connectivity index (χ4v) is 1.45. The molecule has 1 unspecified atom stereocenters. The van der Waals surface area contributed by atoms with Gasteiger partial charge in [-0.15, -0.1) is 0 Å². The topological polar surface area (TPSA) is 64.3 Å². The minimum atomic E-state index is -0.377. The summed E-state index contributed by atoms with van der Waals surface area (Å²) >= 11 is 0. The Balaban J connectivity index is 2.94. The van der Waals surface area contributed by atoms with E-state index < -0.39 is 0 Å². The lowest BCUT2D eigenvalue weighted by Crippen LogP contribution is -2.16. The Kier molecular flexibility index (Phi) is 4.82. The molecule has 0 bridgehead atoms. The van der Waals surface area contributed by atoms with Crippen LogP contribution in [0.15, 0.2) is 18.2 Å². The van der Waals surface area contributed by atoms with E-state index in [1.807, 2.05) is 6.07 Å². The summed E-state index contributed by atoms with van der Waals surface area (Å²) in [5.41, 5.74) is 7.60. The Hall–Kier alpha value is -1.71. The SMILES string of the molecule is CCOC(=O)c1cccc(NC(C)CC)c1N. The molecule has 0 spiro atoms. The molecule has 3 N–H and O–H groups in total. The van der Waals surface area contributed by atoms with Crippen molar-refractivity contribution in [2.24, 2.45) is 0 Å². The van der Waals surface area contributed by atoms with Gasteiger partial charge in [0.1, 0.15) is 0 Å². The normalized spacial score (nSPS) is 11.9. The molecule has 1 atom stereocenters. The number of nitrogens with one attached hydrogen (secondary N) is 1. The van der Waals surface area contributed by atoms with Gasteiger partial charge in [-0.2, -0.15) is 0 Å². The molecule has 0 amide bonds. The van der Waals surface area contributed by atoms with Crippen molar-refractivity contribution in [3.63, 3.8) is 0 Å². The first-order valence-corrected chi connectivity index (χ1v) is 5.92. The van der Waals surface area contributed by atoms with Crippen molar-refractivity contribution >= 4 is 17.3 Å². The zero-order chi connectivity index (χ0) is 12.8. The summed E-state index contributed by atoms with van der Waals surface area (Å²) in [7, 11) is 0. The van der Waals surface area contributed by atoms with Crippen LogP contribution in [0.3, 0.4) is 0 Å². The highest BCUT2D eigenvalue weighted by molar-refractivity contribution is 5.98. The molecular weight excluding hydrogens is 216 g/mol. The monoisotopic (exact) mass is 236 g/mol. The molecule has 94 valence electrons. The maximum absolute atomic E-state index is 11.6. The molecule has 4 heteroatoms. The Morgan fingerprint density at radius 3 is 2.76 bits per heavy atom. The zero-order valence-electron chi connectivity index (χ0n) is 10.6. The van der Waals surface area contributed by atoms with Crippen LogP contribution in [-0.4, -0.2) is 18.6 Å². The summed E-state index contributed by atoms with van der Waals surface area (Å²) in [5.74, 6) is -0.377. The van der Waals surface area contributed by atoms with Gasteiger partial charge in [0.25, 0.3) is 0 Å². The summed E-state index contributed by atoms with van der Waals surface area (Å²) < 4.78 is 4.95. The standard InChI is InChI=1S/C13H20N2O2/c1-4-9(3)15-11-8-6-7-10(12(11)14)13(16)17-5-2/h6-9,15H,4-5,14H2,1-3H3. The third kappa shape index (κ3) is 3.37. The molecule has 1 aromatic rings. The van der Waals surface area contributed by atoms with Crippen molar-refractivity contribution < 1.29 is 9.53 Å². The van der Waals surface area contributed by atoms with Gasteiger partial charge < -0.3 is 15.8 Å². The second-order valence-electron chi connectivity index (χ2n) is 3.94. The number of nitrogen functional groups attached to an aromatic ring is 1.